The van der Waals surface area contributed by atoms with E-state index in [1.165, 1.54) is 154 Å². The summed E-state index contributed by atoms with van der Waals surface area (Å²) >= 11 is 0. The van der Waals surface area contributed by atoms with Gasteiger partial charge in [0, 0.05) is 12.8 Å². The third-order valence-electron chi connectivity index (χ3n) is 16.3. The van der Waals surface area contributed by atoms with Crippen molar-refractivity contribution in [3.63, 3.8) is 0 Å². The molecule has 9 heteroatoms. The topological polar surface area (TPSA) is 111 Å². The molecule has 0 aromatic rings. The lowest BCUT2D eigenvalue weighted by atomic mass is 10.0. The van der Waals surface area contributed by atoms with Crippen LogP contribution in [-0.2, 0) is 33.3 Å². The molecule has 540 valence electrons. The largest absolute Gasteiger partial charge is 0.545 e. The monoisotopic (exact) mass is 1320 g/mol. The number of unbranched alkanes of at least 4 members (excludes halogenated alkanes) is 29. The number of hydrogen-bond donors (Lipinski definition) is 0. The highest BCUT2D eigenvalue weighted by Crippen LogP contribution is 2.17. The number of likely N-dealkylation sites (N-methyl/N-ethyl adjacent to an activating group) is 1. The number of ether oxygens (including phenoxy) is 4. The van der Waals surface area contributed by atoms with Gasteiger partial charge in [0.25, 0.3) is 0 Å². The van der Waals surface area contributed by atoms with Crippen LogP contribution in [0.15, 0.2) is 158 Å². The van der Waals surface area contributed by atoms with Gasteiger partial charge in [-0.2, -0.15) is 0 Å². The zero-order valence-electron chi connectivity index (χ0n) is 61.7. The van der Waals surface area contributed by atoms with Crippen molar-refractivity contribution < 1.29 is 42.9 Å². The first kappa shape index (κ1) is 89.9. The van der Waals surface area contributed by atoms with E-state index in [1.807, 2.05) is 21.1 Å². The van der Waals surface area contributed by atoms with Crippen LogP contribution < -0.4 is 5.11 Å². The summed E-state index contributed by atoms with van der Waals surface area (Å²) in [6, 6.07) is 0. The average Bonchev–Trinajstić information content (AvgIpc) is 3.54. The molecule has 0 saturated heterocycles. The van der Waals surface area contributed by atoms with Crippen molar-refractivity contribution in [2.45, 2.75) is 322 Å². The Morgan fingerprint density at radius 3 is 0.895 bits per heavy atom. The highest BCUT2D eigenvalue weighted by atomic mass is 16.7. The summed E-state index contributed by atoms with van der Waals surface area (Å²) in [6.07, 6.45) is 108. The number of esters is 2. The van der Waals surface area contributed by atoms with Crippen LogP contribution in [0.4, 0.5) is 0 Å². The number of allylic oxidation sites excluding steroid dienone is 26. The molecule has 0 saturated carbocycles. The molecule has 0 aromatic carbocycles. The summed E-state index contributed by atoms with van der Waals surface area (Å²) in [4.78, 5) is 37.6. The van der Waals surface area contributed by atoms with Crippen molar-refractivity contribution in [1.82, 2.24) is 0 Å². The molecule has 0 bridgehead atoms. The maximum atomic E-state index is 13.0. The van der Waals surface area contributed by atoms with E-state index in [2.05, 4.69) is 172 Å². The van der Waals surface area contributed by atoms with E-state index in [-0.39, 0.29) is 38.6 Å². The molecule has 0 aliphatic rings. The second kappa shape index (κ2) is 74.7. The molecule has 0 rings (SSSR count). The van der Waals surface area contributed by atoms with Gasteiger partial charge in [0.05, 0.1) is 40.3 Å². The van der Waals surface area contributed by atoms with E-state index in [0.717, 1.165) is 122 Å². The quantitative estimate of drug-likeness (QED) is 0.0195. The summed E-state index contributed by atoms with van der Waals surface area (Å²) < 4.78 is 22.8. The molecule has 0 N–H and O–H groups in total. The van der Waals surface area contributed by atoms with E-state index in [1.54, 1.807) is 0 Å². The Morgan fingerprint density at radius 1 is 0.326 bits per heavy atom. The number of carboxylic acid groups (broad SMARTS) is 1. The van der Waals surface area contributed by atoms with Gasteiger partial charge in [0.15, 0.2) is 12.4 Å². The van der Waals surface area contributed by atoms with Crippen LogP contribution in [0.1, 0.15) is 309 Å². The van der Waals surface area contributed by atoms with Gasteiger partial charge >= 0.3 is 11.9 Å². The smallest absolute Gasteiger partial charge is 0.306 e. The number of quaternary nitrogens is 1. The number of aliphatic carboxylic acids is 1. The van der Waals surface area contributed by atoms with Crippen LogP contribution in [-0.4, -0.2) is 82.3 Å². The predicted molar refractivity (Wildman–Crippen MR) is 407 cm³/mol. The maximum Gasteiger partial charge on any atom is 0.306 e. The molecule has 0 aliphatic heterocycles. The van der Waals surface area contributed by atoms with E-state index in [0.29, 0.717) is 17.4 Å². The van der Waals surface area contributed by atoms with E-state index < -0.39 is 24.3 Å². The molecule has 0 heterocycles. The Bertz CT molecular complexity index is 2130. The minimum Gasteiger partial charge on any atom is -0.545 e. The summed E-state index contributed by atoms with van der Waals surface area (Å²) in [6.45, 7) is 4.62. The number of carboxylic acids is 1. The maximum absolute atomic E-state index is 13.0. The van der Waals surface area contributed by atoms with Crippen LogP contribution >= 0.6 is 0 Å². The molecule has 2 atom stereocenters. The predicted octanol–water partition coefficient (Wildman–Crippen LogP) is 23.5. The Balaban J connectivity index is 4.15. The lowest BCUT2D eigenvalue weighted by Crippen LogP contribution is -2.44. The van der Waals surface area contributed by atoms with Crippen LogP contribution in [0.3, 0.4) is 0 Å². The van der Waals surface area contributed by atoms with Crippen molar-refractivity contribution in [3.05, 3.63) is 158 Å². The third-order valence-corrected chi connectivity index (χ3v) is 16.3. The lowest BCUT2D eigenvalue weighted by Gasteiger charge is -2.26. The number of hydrogen-bond acceptors (Lipinski definition) is 8. The number of nitrogens with zero attached hydrogens (tertiary/aromatic N) is 1. The summed E-state index contributed by atoms with van der Waals surface area (Å²) in [7, 11) is 5.92. The van der Waals surface area contributed by atoms with Crippen molar-refractivity contribution in [2.75, 3.05) is 47.5 Å². The number of rotatable bonds is 70. The summed E-state index contributed by atoms with van der Waals surface area (Å²) in [5.41, 5.74) is 0. The standard InChI is InChI=1S/C86H143NO8/c1-6-8-10-12-14-16-18-20-22-24-26-28-30-32-34-36-37-38-39-40-41-42-43-44-45-46-47-49-51-53-55-57-59-61-63-65-67-69-71-73-75-77-84(89)95-82(81-94-86(85(90)91)92-79-78-87(3,4)5)80-93-83(88)76-74-72-70-68-66-64-62-60-58-56-54-52-50-48-35-33-31-29-27-25-23-21-19-17-15-13-11-9-7-2/h8,10,14,16,19-22,25-28,32,34,37-38,40-41,43-44,46-47,51,53,57,59,82,86H,6-7,9,11-13,15,17-18,23-24,29-31,33,35-36,39,42,45,48-50,52,54-56,58,60-81H2,1-5H3/b10-8-,16-14-,21-19-,22-20-,27-25-,28-26-,34-32-,38-37-,41-40-,44-43-,47-46-,53-51-,59-57-. The summed E-state index contributed by atoms with van der Waals surface area (Å²) in [5.74, 6) is -2.30. The van der Waals surface area contributed by atoms with E-state index >= 15 is 0 Å². The van der Waals surface area contributed by atoms with Crippen molar-refractivity contribution in [2.24, 2.45) is 0 Å². The highest BCUT2D eigenvalue weighted by Gasteiger charge is 2.22. The molecule has 0 amide bonds. The fraction of sp³-hybridized carbons (Fsp3) is 0.663. The zero-order chi connectivity index (χ0) is 69.0. The molecule has 0 spiro atoms. The summed E-state index contributed by atoms with van der Waals surface area (Å²) in [5, 5.41) is 11.9. The third kappa shape index (κ3) is 76.1. The second-order valence-electron chi connectivity index (χ2n) is 26.6. The number of carbonyl (C=O) groups excluding carboxylic acids is 3. The van der Waals surface area contributed by atoms with Gasteiger partial charge in [-0.25, -0.2) is 0 Å². The first-order valence-electron chi connectivity index (χ1n) is 38.6. The van der Waals surface area contributed by atoms with Gasteiger partial charge in [-0.3, -0.25) is 9.59 Å². The van der Waals surface area contributed by atoms with Gasteiger partial charge in [0.1, 0.15) is 13.2 Å². The SMILES string of the molecule is CC/C=C\C/C=C\C/C=C\C/C=C\C/C=C\C/C=C\C/C=C\C/C=C\C/C=C\C/C=C\C/C=C\CCCCCCCCCC(=O)OC(COC(=O)CCCCCCCCCCCCCCCCCCC/C=C\C/C=C\CCCCCCC)COC(OCC[N+](C)(C)C)C(=O)[O-]. The van der Waals surface area contributed by atoms with Gasteiger partial charge in [-0.05, 0) is 128 Å². The van der Waals surface area contributed by atoms with Crippen molar-refractivity contribution in [1.29, 1.82) is 0 Å². The Kier molecular flexibility index (Phi) is 70.7. The van der Waals surface area contributed by atoms with E-state index in [4.69, 9.17) is 18.9 Å². The fourth-order valence-corrected chi connectivity index (χ4v) is 10.4. The highest BCUT2D eigenvalue weighted by molar-refractivity contribution is 5.70. The average molecular weight is 1320 g/mol. The van der Waals surface area contributed by atoms with Gasteiger partial charge < -0.3 is 33.3 Å². The van der Waals surface area contributed by atoms with Gasteiger partial charge in [-0.1, -0.05) is 326 Å². The number of carbonyl (C=O) groups is 3. The molecular weight excluding hydrogens is 1170 g/mol. The minimum atomic E-state index is -1.63. The molecule has 0 aliphatic carbocycles. The van der Waals surface area contributed by atoms with E-state index in [9.17, 15) is 19.5 Å². The normalized spacial score (nSPS) is 13.6. The van der Waals surface area contributed by atoms with Gasteiger partial charge in [0.2, 0.25) is 0 Å². The first-order chi connectivity index (χ1) is 46.6. The second-order valence-corrected chi connectivity index (χ2v) is 26.6. The first-order valence-corrected chi connectivity index (χ1v) is 38.6. The Hall–Kier alpha value is -5.09. The lowest BCUT2D eigenvalue weighted by molar-refractivity contribution is -0.870. The van der Waals surface area contributed by atoms with Crippen molar-refractivity contribution in [3.8, 4) is 0 Å². The molecular formula is C86H143NO8. The van der Waals surface area contributed by atoms with Crippen LogP contribution in [0.25, 0.3) is 0 Å². The minimum absolute atomic E-state index is 0.139. The molecule has 0 aromatic heterocycles. The Labute approximate surface area is 584 Å². The molecule has 2 unspecified atom stereocenters. The molecule has 0 radical (unpaired) electrons. The van der Waals surface area contributed by atoms with Crippen LogP contribution in [0, 0.1) is 0 Å². The van der Waals surface area contributed by atoms with Crippen molar-refractivity contribution >= 4 is 17.9 Å². The molecule has 0 fully saturated rings. The molecule has 9 nitrogen and oxygen atoms in total. The Morgan fingerprint density at radius 2 is 0.600 bits per heavy atom. The fourth-order valence-electron chi connectivity index (χ4n) is 10.4. The molecule has 95 heavy (non-hydrogen) atoms. The van der Waals surface area contributed by atoms with Crippen LogP contribution in [0.2, 0.25) is 0 Å². The van der Waals surface area contributed by atoms with Gasteiger partial charge in [-0.15, -0.1) is 0 Å². The zero-order valence-corrected chi connectivity index (χ0v) is 61.7. The van der Waals surface area contributed by atoms with Crippen LogP contribution in [0.5, 0.6) is 0 Å².